The monoisotopic (exact) mass is 214 g/mol. The van der Waals surface area contributed by atoms with Gasteiger partial charge in [-0.05, 0) is 12.8 Å². The maximum atomic E-state index is 11.5. The van der Waals surface area contributed by atoms with Gasteiger partial charge in [-0.15, -0.1) is 0 Å². The molecule has 0 bridgehead atoms. The Morgan fingerprint density at radius 3 is 2.47 bits per heavy atom. The van der Waals surface area contributed by atoms with E-state index in [2.05, 4.69) is 15.6 Å². The molecule has 1 fully saturated rings. The second kappa shape index (κ2) is 6.40. The number of nitrogens with one attached hydrogen (secondary N) is 2. The summed E-state index contributed by atoms with van der Waals surface area (Å²) in [5.74, 6) is -0.359. The summed E-state index contributed by atoms with van der Waals surface area (Å²) in [4.78, 5) is 22.5. The van der Waals surface area contributed by atoms with Gasteiger partial charge in [0.2, 0.25) is 5.91 Å². The summed E-state index contributed by atoms with van der Waals surface area (Å²) in [5, 5.41) is 0. The zero-order chi connectivity index (χ0) is 11.1. The van der Waals surface area contributed by atoms with Crippen LogP contribution in [0.15, 0.2) is 0 Å². The molecule has 0 unspecified atom stereocenters. The molecule has 0 aromatic carbocycles. The highest BCUT2D eigenvalue weighted by molar-refractivity contribution is 5.83. The first-order valence-corrected chi connectivity index (χ1v) is 5.31. The molecular formula is C10H18N2O3. The SMILES string of the molecule is COCC(=O)NNC(=O)C1CCCCC1. The molecule has 0 radical (unpaired) electrons. The molecule has 15 heavy (non-hydrogen) atoms. The summed E-state index contributed by atoms with van der Waals surface area (Å²) in [6.45, 7) is -0.0368. The first-order valence-electron chi connectivity index (χ1n) is 5.31. The molecule has 0 aliphatic heterocycles. The highest BCUT2D eigenvalue weighted by Crippen LogP contribution is 2.23. The molecule has 1 rings (SSSR count). The van der Waals surface area contributed by atoms with Crippen molar-refractivity contribution in [1.29, 1.82) is 0 Å². The third-order valence-electron chi connectivity index (χ3n) is 2.58. The van der Waals surface area contributed by atoms with Gasteiger partial charge in [-0.2, -0.15) is 0 Å². The molecule has 5 nitrogen and oxygen atoms in total. The van der Waals surface area contributed by atoms with Crippen LogP contribution in [0, 0.1) is 5.92 Å². The maximum Gasteiger partial charge on any atom is 0.264 e. The summed E-state index contributed by atoms with van der Waals surface area (Å²) in [6, 6.07) is 0. The number of methoxy groups -OCH3 is 1. The van der Waals surface area contributed by atoms with E-state index in [1.54, 1.807) is 0 Å². The first-order chi connectivity index (χ1) is 7.24. The van der Waals surface area contributed by atoms with Gasteiger partial charge in [-0.3, -0.25) is 20.4 Å². The fraction of sp³-hybridized carbons (Fsp3) is 0.800. The Kier molecular flexibility index (Phi) is 5.10. The number of ether oxygens (including phenoxy) is 1. The smallest absolute Gasteiger partial charge is 0.264 e. The lowest BCUT2D eigenvalue weighted by molar-refractivity contribution is -0.133. The molecule has 5 heteroatoms. The van der Waals surface area contributed by atoms with Crippen LogP contribution in [0.3, 0.4) is 0 Å². The van der Waals surface area contributed by atoms with Crippen molar-refractivity contribution in [2.24, 2.45) is 5.92 Å². The number of rotatable bonds is 3. The van der Waals surface area contributed by atoms with E-state index in [9.17, 15) is 9.59 Å². The molecule has 1 aliphatic carbocycles. The van der Waals surface area contributed by atoms with Crippen molar-refractivity contribution in [3.05, 3.63) is 0 Å². The van der Waals surface area contributed by atoms with E-state index in [0.717, 1.165) is 25.7 Å². The van der Waals surface area contributed by atoms with Crippen LogP contribution in [-0.2, 0) is 14.3 Å². The summed E-state index contributed by atoms with van der Waals surface area (Å²) in [5.41, 5.74) is 4.74. The molecule has 0 spiro atoms. The molecule has 86 valence electrons. The van der Waals surface area contributed by atoms with Gasteiger partial charge in [0, 0.05) is 13.0 Å². The van der Waals surface area contributed by atoms with E-state index in [0.29, 0.717) is 0 Å². The van der Waals surface area contributed by atoms with Crippen molar-refractivity contribution in [3.63, 3.8) is 0 Å². The third-order valence-corrected chi connectivity index (χ3v) is 2.58. The molecule has 0 aromatic heterocycles. The lowest BCUT2D eigenvalue weighted by Crippen LogP contribution is -2.46. The van der Waals surface area contributed by atoms with Crippen LogP contribution < -0.4 is 10.9 Å². The molecule has 0 atom stereocenters. The second-order valence-corrected chi connectivity index (χ2v) is 3.81. The summed E-state index contributed by atoms with van der Waals surface area (Å²) >= 11 is 0. The molecule has 1 aliphatic rings. The summed E-state index contributed by atoms with van der Waals surface area (Å²) in [6.07, 6.45) is 5.26. The van der Waals surface area contributed by atoms with Crippen molar-refractivity contribution < 1.29 is 14.3 Å². The zero-order valence-corrected chi connectivity index (χ0v) is 9.04. The Balaban J connectivity index is 2.19. The van der Waals surface area contributed by atoms with Gasteiger partial charge in [0.25, 0.3) is 5.91 Å². The Hall–Kier alpha value is -1.10. The lowest BCUT2D eigenvalue weighted by Gasteiger charge is -2.20. The molecule has 0 heterocycles. The van der Waals surface area contributed by atoms with E-state index in [-0.39, 0.29) is 24.3 Å². The third kappa shape index (κ3) is 4.29. The molecule has 0 aromatic rings. The number of hydrogen-bond donors (Lipinski definition) is 2. The van der Waals surface area contributed by atoms with E-state index in [1.807, 2.05) is 0 Å². The van der Waals surface area contributed by atoms with Crippen LogP contribution in [0.4, 0.5) is 0 Å². The molecule has 0 saturated heterocycles. The average Bonchev–Trinajstić information content (AvgIpc) is 2.27. The minimum Gasteiger partial charge on any atom is -0.375 e. The highest BCUT2D eigenvalue weighted by Gasteiger charge is 2.20. The normalized spacial score (nSPS) is 17.1. The van der Waals surface area contributed by atoms with Crippen LogP contribution in [-0.4, -0.2) is 25.5 Å². The minimum atomic E-state index is -0.332. The van der Waals surface area contributed by atoms with Gasteiger partial charge in [0.05, 0.1) is 0 Å². The second-order valence-electron chi connectivity index (χ2n) is 3.81. The fourth-order valence-electron chi connectivity index (χ4n) is 1.77. The van der Waals surface area contributed by atoms with Crippen molar-refractivity contribution >= 4 is 11.8 Å². The van der Waals surface area contributed by atoms with Crippen LogP contribution in [0.2, 0.25) is 0 Å². The number of amides is 2. The largest absolute Gasteiger partial charge is 0.375 e. The van der Waals surface area contributed by atoms with E-state index in [1.165, 1.54) is 13.5 Å². The Morgan fingerprint density at radius 1 is 1.20 bits per heavy atom. The van der Waals surface area contributed by atoms with E-state index >= 15 is 0 Å². The quantitative estimate of drug-likeness (QED) is 0.667. The standard InChI is InChI=1S/C10H18N2O3/c1-15-7-9(13)11-12-10(14)8-5-3-2-4-6-8/h8H,2-7H2,1H3,(H,11,13)(H,12,14). The Labute approximate surface area is 89.5 Å². The van der Waals surface area contributed by atoms with Crippen LogP contribution in [0.5, 0.6) is 0 Å². The molecule has 2 N–H and O–H groups in total. The maximum absolute atomic E-state index is 11.5. The van der Waals surface area contributed by atoms with E-state index < -0.39 is 0 Å². The first kappa shape index (κ1) is 12.0. The zero-order valence-electron chi connectivity index (χ0n) is 9.04. The van der Waals surface area contributed by atoms with Crippen LogP contribution in [0.1, 0.15) is 32.1 Å². The van der Waals surface area contributed by atoms with Crippen LogP contribution in [0.25, 0.3) is 0 Å². The Bertz CT molecular complexity index is 225. The van der Waals surface area contributed by atoms with Crippen molar-refractivity contribution in [1.82, 2.24) is 10.9 Å². The topological polar surface area (TPSA) is 67.4 Å². The number of hydrazine groups is 1. The van der Waals surface area contributed by atoms with Gasteiger partial charge in [0.1, 0.15) is 6.61 Å². The predicted octanol–water partition coefficient (Wildman–Crippen LogP) is 0.360. The fourth-order valence-corrected chi connectivity index (χ4v) is 1.77. The highest BCUT2D eigenvalue weighted by atomic mass is 16.5. The van der Waals surface area contributed by atoms with Gasteiger partial charge >= 0.3 is 0 Å². The Morgan fingerprint density at radius 2 is 1.87 bits per heavy atom. The van der Waals surface area contributed by atoms with Crippen molar-refractivity contribution in [2.75, 3.05) is 13.7 Å². The summed E-state index contributed by atoms with van der Waals surface area (Å²) < 4.78 is 4.62. The van der Waals surface area contributed by atoms with Crippen molar-refractivity contribution in [2.45, 2.75) is 32.1 Å². The van der Waals surface area contributed by atoms with E-state index in [4.69, 9.17) is 0 Å². The molecular weight excluding hydrogens is 196 g/mol. The number of carbonyl (C=O) groups excluding carboxylic acids is 2. The molecule has 1 saturated carbocycles. The van der Waals surface area contributed by atoms with Gasteiger partial charge in [-0.25, -0.2) is 0 Å². The average molecular weight is 214 g/mol. The molecule has 2 amide bonds. The minimum absolute atomic E-state index is 0.0368. The van der Waals surface area contributed by atoms with Gasteiger partial charge in [0.15, 0.2) is 0 Å². The number of carbonyl (C=O) groups is 2. The predicted molar refractivity (Wildman–Crippen MR) is 54.7 cm³/mol. The van der Waals surface area contributed by atoms with Gasteiger partial charge in [-0.1, -0.05) is 19.3 Å². The van der Waals surface area contributed by atoms with Crippen molar-refractivity contribution in [3.8, 4) is 0 Å². The van der Waals surface area contributed by atoms with Gasteiger partial charge < -0.3 is 4.74 Å². The van der Waals surface area contributed by atoms with Crippen LogP contribution >= 0.6 is 0 Å². The number of hydrogen-bond acceptors (Lipinski definition) is 3. The summed E-state index contributed by atoms with van der Waals surface area (Å²) in [7, 11) is 1.43. The lowest BCUT2D eigenvalue weighted by atomic mass is 9.89.